The second kappa shape index (κ2) is 9.93. The van der Waals surface area contributed by atoms with E-state index in [-0.39, 0.29) is 10.8 Å². The first-order chi connectivity index (χ1) is 17.5. The molecule has 3 N–H and O–H groups in total. The molecule has 0 bridgehead atoms. The van der Waals surface area contributed by atoms with Gasteiger partial charge in [-0.2, -0.15) is 0 Å². The number of fused-ring (bicyclic) bond motifs is 2. The Kier molecular flexibility index (Phi) is 6.38. The van der Waals surface area contributed by atoms with Gasteiger partial charge in [0.15, 0.2) is 5.11 Å². The van der Waals surface area contributed by atoms with Gasteiger partial charge in [-0.05, 0) is 53.5 Å². The summed E-state index contributed by atoms with van der Waals surface area (Å²) in [7, 11) is 0. The fraction of sp³-hybridized carbons (Fsp3) is 0.0741. The lowest BCUT2D eigenvalue weighted by Crippen LogP contribution is -2.57. The molecule has 0 spiro atoms. The summed E-state index contributed by atoms with van der Waals surface area (Å²) in [6.45, 7) is 0. The minimum Gasteiger partial charge on any atom is -0.340 e. The lowest BCUT2D eigenvalue weighted by atomic mass is 10.1. The van der Waals surface area contributed by atoms with Crippen molar-refractivity contribution in [1.82, 2.24) is 26.1 Å². The molecule has 9 heteroatoms. The van der Waals surface area contributed by atoms with Crippen LogP contribution in [0, 0.1) is 6.07 Å². The molecule has 0 saturated heterocycles. The predicted molar refractivity (Wildman–Crippen MR) is 138 cm³/mol. The molecule has 3 aromatic carbocycles. The van der Waals surface area contributed by atoms with Crippen LogP contribution in [0.15, 0.2) is 85.1 Å². The van der Waals surface area contributed by atoms with Gasteiger partial charge in [0.25, 0.3) is 17.7 Å². The molecular weight excluding hydrogens is 474 g/mol. The number of rotatable bonds is 5. The van der Waals surface area contributed by atoms with Gasteiger partial charge in [0.2, 0.25) is 0 Å². The van der Waals surface area contributed by atoms with Crippen molar-refractivity contribution >= 4 is 45.8 Å². The molecule has 1 unspecified atom stereocenters. The smallest absolute Gasteiger partial charge is 0.288 e. The van der Waals surface area contributed by atoms with Crippen molar-refractivity contribution in [3.63, 3.8) is 0 Å². The minimum atomic E-state index is -0.789. The Morgan fingerprint density at radius 1 is 0.944 bits per heavy atom. The van der Waals surface area contributed by atoms with E-state index in [4.69, 9.17) is 12.2 Å². The quantitative estimate of drug-likeness (QED) is 0.223. The van der Waals surface area contributed by atoms with Gasteiger partial charge in [-0.1, -0.05) is 54.6 Å². The summed E-state index contributed by atoms with van der Waals surface area (Å²) in [6, 6.07) is 26.1. The van der Waals surface area contributed by atoms with Gasteiger partial charge < -0.3 is 5.32 Å². The highest BCUT2D eigenvalue weighted by molar-refractivity contribution is 7.80. The van der Waals surface area contributed by atoms with Gasteiger partial charge in [-0.25, -0.2) is 0 Å². The Labute approximate surface area is 212 Å². The van der Waals surface area contributed by atoms with Crippen LogP contribution < -0.4 is 16.2 Å². The van der Waals surface area contributed by atoms with Crippen LogP contribution in [0.1, 0.15) is 36.8 Å². The number of nitrogens with zero attached hydrogens (tertiary/aromatic N) is 2. The molecule has 5 rings (SSSR count). The number of hydrazine groups is 1. The zero-order valence-electron chi connectivity index (χ0n) is 18.9. The molecule has 0 saturated carbocycles. The number of amides is 3. The largest absolute Gasteiger partial charge is 0.340 e. The number of aromatic nitrogens is 1. The highest BCUT2D eigenvalue weighted by atomic mass is 32.1. The molecule has 1 aliphatic heterocycles. The van der Waals surface area contributed by atoms with E-state index in [2.05, 4.69) is 27.2 Å². The second-order valence-corrected chi connectivity index (χ2v) is 8.50. The molecule has 177 valence electrons. The Bertz CT molecular complexity index is 1450. The van der Waals surface area contributed by atoms with Crippen molar-refractivity contribution in [3.8, 4) is 0 Å². The third-order valence-corrected chi connectivity index (χ3v) is 6.04. The number of imide groups is 1. The molecule has 1 aliphatic rings. The molecule has 0 fully saturated rings. The fourth-order valence-electron chi connectivity index (χ4n) is 4.13. The second-order valence-electron chi connectivity index (χ2n) is 8.09. The van der Waals surface area contributed by atoms with E-state index in [0.717, 1.165) is 15.8 Å². The highest BCUT2D eigenvalue weighted by Crippen LogP contribution is 2.25. The van der Waals surface area contributed by atoms with E-state index in [0.29, 0.717) is 22.9 Å². The Morgan fingerprint density at radius 2 is 1.64 bits per heavy atom. The van der Waals surface area contributed by atoms with Crippen molar-refractivity contribution in [2.75, 3.05) is 0 Å². The van der Waals surface area contributed by atoms with E-state index >= 15 is 0 Å². The van der Waals surface area contributed by atoms with Gasteiger partial charge in [-0.15, -0.1) is 0 Å². The zero-order valence-corrected chi connectivity index (χ0v) is 19.7. The average Bonchev–Trinajstić information content (AvgIpc) is 3.17. The molecule has 1 atom stereocenters. The summed E-state index contributed by atoms with van der Waals surface area (Å²) in [5.74, 6) is -1.31. The molecule has 1 aromatic heterocycles. The van der Waals surface area contributed by atoms with Crippen LogP contribution in [0.25, 0.3) is 10.8 Å². The van der Waals surface area contributed by atoms with Crippen molar-refractivity contribution in [2.45, 2.75) is 12.6 Å². The third kappa shape index (κ3) is 4.51. The predicted octanol–water partition coefficient (Wildman–Crippen LogP) is 3.01. The molecule has 0 aliphatic carbocycles. The molecule has 4 aromatic rings. The fourth-order valence-corrected chi connectivity index (χ4v) is 4.32. The molecule has 8 nitrogen and oxygen atoms in total. The maximum Gasteiger partial charge on any atom is 0.288 e. The van der Waals surface area contributed by atoms with Crippen molar-refractivity contribution in [2.24, 2.45) is 0 Å². The van der Waals surface area contributed by atoms with E-state index in [1.807, 2.05) is 30.3 Å². The van der Waals surface area contributed by atoms with Crippen LogP contribution in [0.5, 0.6) is 0 Å². The van der Waals surface area contributed by atoms with Crippen LogP contribution in [-0.4, -0.2) is 38.9 Å². The van der Waals surface area contributed by atoms with E-state index in [1.165, 1.54) is 0 Å². The first-order valence-electron chi connectivity index (χ1n) is 11.2. The maximum absolute atomic E-state index is 13.1. The zero-order chi connectivity index (χ0) is 25.1. The van der Waals surface area contributed by atoms with Gasteiger partial charge >= 0.3 is 0 Å². The lowest BCUT2D eigenvalue weighted by Gasteiger charge is -2.28. The van der Waals surface area contributed by atoms with Crippen LogP contribution >= 0.6 is 12.2 Å². The standard InChI is InChI=1S/C27H20N5O3S/c33-24(23-19-11-5-4-10-18(19)14-15-28-23)30-31-27(36)29-22(16-17-8-2-1-3-9-17)32-25(34)20-12-6-7-13-21(20)26(32)35/h1-3,5-15,22H,16H2,(H,30,33)(H2,29,31,36). The van der Waals surface area contributed by atoms with Crippen molar-refractivity contribution < 1.29 is 14.4 Å². The van der Waals surface area contributed by atoms with E-state index in [9.17, 15) is 14.4 Å². The normalized spacial score (nSPS) is 13.3. The van der Waals surface area contributed by atoms with Gasteiger partial charge in [0, 0.05) is 18.0 Å². The number of nitrogens with one attached hydrogen (secondary N) is 3. The highest BCUT2D eigenvalue weighted by Gasteiger charge is 2.40. The van der Waals surface area contributed by atoms with Crippen LogP contribution in [-0.2, 0) is 6.42 Å². The monoisotopic (exact) mass is 494 g/mol. The Hall–Kier alpha value is -4.63. The Morgan fingerprint density at radius 3 is 2.36 bits per heavy atom. The van der Waals surface area contributed by atoms with Crippen LogP contribution in [0.4, 0.5) is 0 Å². The maximum atomic E-state index is 13.1. The average molecular weight is 495 g/mol. The summed E-state index contributed by atoms with van der Waals surface area (Å²) in [5, 5.41) is 4.54. The van der Waals surface area contributed by atoms with Gasteiger partial charge in [-0.3, -0.25) is 35.1 Å². The number of benzene rings is 3. The summed E-state index contributed by atoms with van der Waals surface area (Å²) < 4.78 is 0. The molecule has 3 amide bonds. The third-order valence-electron chi connectivity index (χ3n) is 5.82. The first kappa shape index (κ1) is 23.1. The van der Waals surface area contributed by atoms with Gasteiger partial charge in [0.05, 0.1) is 11.1 Å². The number of carbonyl (C=O) groups excluding carboxylic acids is 3. The van der Waals surface area contributed by atoms with Crippen molar-refractivity contribution in [1.29, 1.82) is 0 Å². The lowest BCUT2D eigenvalue weighted by molar-refractivity contribution is 0.0569. The van der Waals surface area contributed by atoms with Crippen LogP contribution in [0.3, 0.4) is 0 Å². The Balaban J connectivity index is 1.33. The summed E-state index contributed by atoms with van der Waals surface area (Å²) in [5.41, 5.74) is 7.00. The summed E-state index contributed by atoms with van der Waals surface area (Å²) in [4.78, 5) is 44.4. The first-order valence-corrected chi connectivity index (χ1v) is 11.6. The molecule has 36 heavy (non-hydrogen) atoms. The number of hydrogen-bond donors (Lipinski definition) is 3. The van der Waals surface area contributed by atoms with E-state index in [1.54, 1.807) is 54.7 Å². The number of carbonyl (C=O) groups is 3. The summed E-state index contributed by atoms with van der Waals surface area (Å²) >= 11 is 5.40. The molecule has 2 heterocycles. The van der Waals surface area contributed by atoms with Gasteiger partial charge in [0.1, 0.15) is 11.9 Å². The topological polar surface area (TPSA) is 103 Å². The molecular formula is C27H20N5O3S. The van der Waals surface area contributed by atoms with Crippen molar-refractivity contribution in [3.05, 3.63) is 114 Å². The molecule has 1 radical (unpaired) electrons. The number of hydrogen-bond acceptors (Lipinski definition) is 5. The van der Waals surface area contributed by atoms with Crippen LogP contribution in [0.2, 0.25) is 0 Å². The SMILES string of the molecule is O=C(NNC(=S)NC(Cc1ccccc1)N1C(=O)c2ccccc2C1=O)c1nccc2c[c]ccc12. The van der Waals surface area contributed by atoms with E-state index < -0.39 is 23.9 Å². The number of pyridine rings is 1. The number of thiocarbonyl (C=S) groups is 1. The minimum absolute atomic E-state index is 0.0365. The summed E-state index contributed by atoms with van der Waals surface area (Å²) in [6.07, 6.45) is 1.06.